The fourth-order valence-electron chi connectivity index (χ4n) is 3.41. The number of hydrogen-bond acceptors (Lipinski definition) is 2. The van der Waals surface area contributed by atoms with Gasteiger partial charge in [0.15, 0.2) is 0 Å². The Bertz CT molecular complexity index is 199. The fraction of sp³-hybridized carbons (Fsp3) is 1.00. The van der Waals surface area contributed by atoms with Crippen molar-refractivity contribution in [3.05, 3.63) is 0 Å². The van der Waals surface area contributed by atoms with Crippen molar-refractivity contribution in [2.45, 2.75) is 64.5 Å². The zero-order chi connectivity index (χ0) is 11.4. The topological polar surface area (TPSA) is 15.3 Å². The molecule has 2 unspecified atom stereocenters. The molecule has 2 rings (SSSR count). The lowest BCUT2D eigenvalue weighted by molar-refractivity contribution is 0.0527. The highest BCUT2D eigenvalue weighted by Gasteiger charge is 2.31. The number of rotatable bonds is 3. The molecule has 1 saturated heterocycles. The highest BCUT2D eigenvalue weighted by atomic mass is 15.2. The van der Waals surface area contributed by atoms with Crippen molar-refractivity contribution in [3.8, 4) is 0 Å². The Morgan fingerprint density at radius 3 is 2.69 bits per heavy atom. The molecule has 0 spiro atoms. The van der Waals surface area contributed by atoms with Gasteiger partial charge in [0, 0.05) is 31.7 Å². The molecule has 2 atom stereocenters. The Hall–Kier alpha value is -0.0800. The Morgan fingerprint density at radius 2 is 2.00 bits per heavy atom. The van der Waals surface area contributed by atoms with Crippen molar-refractivity contribution in [2.75, 3.05) is 19.6 Å². The van der Waals surface area contributed by atoms with Crippen molar-refractivity contribution in [1.29, 1.82) is 0 Å². The third-order valence-corrected chi connectivity index (χ3v) is 4.67. The zero-order valence-electron chi connectivity index (χ0n) is 11.0. The lowest BCUT2D eigenvalue weighted by atomic mass is 9.89. The summed E-state index contributed by atoms with van der Waals surface area (Å²) in [5, 5.41) is 3.58. The van der Waals surface area contributed by atoms with Gasteiger partial charge in [0.05, 0.1) is 0 Å². The minimum absolute atomic E-state index is 0.793. The highest BCUT2D eigenvalue weighted by Crippen LogP contribution is 2.27. The molecule has 94 valence electrons. The van der Waals surface area contributed by atoms with Crippen LogP contribution < -0.4 is 5.32 Å². The molecular formula is C14H28N2. The third-order valence-electron chi connectivity index (χ3n) is 4.67. The molecule has 1 N–H and O–H groups in total. The summed E-state index contributed by atoms with van der Waals surface area (Å²) >= 11 is 0. The van der Waals surface area contributed by atoms with Crippen molar-refractivity contribution in [2.24, 2.45) is 5.92 Å². The van der Waals surface area contributed by atoms with Crippen LogP contribution in [0.25, 0.3) is 0 Å². The van der Waals surface area contributed by atoms with Gasteiger partial charge < -0.3 is 5.32 Å². The minimum Gasteiger partial charge on any atom is -0.314 e. The van der Waals surface area contributed by atoms with Gasteiger partial charge in [-0.3, -0.25) is 4.90 Å². The first-order chi connectivity index (χ1) is 7.83. The van der Waals surface area contributed by atoms with Gasteiger partial charge in [0.2, 0.25) is 0 Å². The van der Waals surface area contributed by atoms with Crippen LogP contribution in [0.5, 0.6) is 0 Å². The van der Waals surface area contributed by atoms with Crippen LogP contribution in [0.15, 0.2) is 0 Å². The summed E-state index contributed by atoms with van der Waals surface area (Å²) in [7, 11) is 0. The quantitative estimate of drug-likeness (QED) is 0.793. The van der Waals surface area contributed by atoms with Gasteiger partial charge in [-0.1, -0.05) is 39.5 Å². The van der Waals surface area contributed by atoms with E-state index in [1.807, 2.05) is 0 Å². The molecule has 0 aromatic heterocycles. The summed E-state index contributed by atoms with van der Waals surface area (Å²) in [5.41, 5.74) is 0. The molecule has 16 heavy (non-hydrogen) atoms. The molecule has 1 heterocycles. The molecule has 2 heteroatoms. The normalized spacial score (nSPS) is 31.5. The van der Waals surface area contributed by atoms with Crippen LogP contribution >= 0.6 is 0 Å². The van der Waals surface area contributed by atoms with Crippen LogP contribution in [0.3, 0.4) is 0 Å². The molecule has 0 aromatic rings. The van der Waals surface area contributed by atoms with Crippen molar-refractivity contribution in [1.82, 2.24) is 10.2 Å². The smallest absolute Gasteiger partial charge is 0.0249 e. The number of piperazine rings is 1. The Balaban J connectivity index is 1.97. The lowest BCUT2D eigenvalue weighted by Crippen LogP contribution is -2.57. The summed E-state index contributed by atoms with van der Waals surface area (Å²) in [5.74, 6) is 0.842. The number of hydrogen-bond donors (Lipinski definition) is 1. The molecule has 0 aromatic carbocycles. The van der Waals surface area contributed by atoms with Crippen LogP contribution in [-0.2, 0) is 0 Å². The number of nitrogens with one attached hydrogen (secondary N) is 1. The van der Waals surface area contributed by atoms with Gasteiger partial charge in [0.25, 0.3) is 0 Å². The molecule has 2 fully saturated rings. The largest absolute Gasteiger partial charge is 0.314 e. The third kappa shape index (κ3) is 2.78. The molecule has 1 saturated carbocycles. The van der Waals surface area contributed by atoms with Crippen molar-refractivity contribution in [3.63, 3.8) is 0 Å². The molecule has 1 aliphatic heterocycles. The summed E-state index contributed by atoms with van der Waals surface area (Å²) in [6.45, 7) is 8.44. The van der Waals surface area contributed by atoms with Crippen LogP contribution in [0, 0.1) is 5.92 Å². The molecule has 1 aliphatic carbocycles. The van der Waals surface area contributed by atoms with Gasteiger partial charge >= 0.3 is 0 Å². The predicted octanol–water partition coefficient (Wildman–Crippen LogP) is 2.64. The second-order valence-electron chi connectivity index (χ2n) is 5.69. The van der Waals surface area contributed by atoms with Gasteiger partial charge in [-0.2, -0.15) is 0 Å². The first-order valence-corrected chi connectivity index (χ1v) is 7.29. The summed E-state index contributed by atoms with van der Waals surface area (Å²) in [4.78, 5) is 2.84. The summed E-state index contributed by atoms with van der Waals surface area (Å²) < 4.78 is 0. The highest BCUT2D eigenvalue weighted by molar-refractivity contribution is 4.88. The Kier molecular flexibility index (Phi) is 4.66. The van der Waals surface area contributed by atoms with E-state index in [4.69, 9.17) is 0 Å². The Labute approximate surface area is 101 Å². The minimum atomic E-state index is 0.793. The van der Waals surface area contributed by atoms with Gasteiger partial charge in [-0.05, 0) is 18.8 Å². The van der Waals surface area contributed by atoms with Crippen LogP contribution in [0.4, 0.5) is 0 Å². The van der Waals surface area contributed by atoms with E-state index in [0.29, 0.717) is 0 Å². The van der Waals surface area contributed by atoms with E-state index in [1.54, 1.807) is 0 Å². The second kappa shape index (κ2) is 6.02. The molecule has 0 amide bonds. The average molecular weight is 224 g/mol. The maximum absolute atomic E-state index is 3.58. The van der Waals surface area contributed by atoms with Gasteiger partial charge in [-0.25, -0.2) is 0 Å². The van der Waals surface area contributed by atoms with Gasteiger partial charge in [0.1, 0.15) is 0 Å². The van der Waals surface area contributed by atoms with E-state index < -0.39 is 0 Å². The zero-order valence-corrected chi connectivity index (χ0v) is 11.0. The standard InChI is InChI=1S/C14H28N2/c1-3-12(2)14-11-15-9-10-16(14)13-7-5-4-6-8-13/h12-15H,3-11H2,1-2H3. The maximum Gasteiger partial charge on any atom is 0.0249 e. The van der Waals surface area contributed by atoms with Crippen molar-refractivity contribution >= 4 is 0 Å². The van der Waals surface area contributed by atoms with E-state index in [-0.39, 0.29) is 0 Å². The maximum atomic E-state index is 3.58. The van der Waals surface area contributed by atoms with Crippen LogP contribution in [0.2, 0.25) is 0 Å². The Morgan fingerprint density at radius 1 is 1.25 bits per heavy atom. The monoisotopic (exact) mass is 224 g/mol. The predicted molar refractivity (Wildman–Crippen MR) is 69.7 cm³/mol. The average Bonchev–Trinajstić information content (AvgIpc) is 2.39. The van der Waals surface area contributed by atoms with E-state index in [2.05, 4.69) is 24.1 Å². The first kappa shape index (κ1) is 12.4. The van der Waals surface area contributed by atoms with E-state index >= 15 is 0 Å². The van der Waals surface area contributed by atoms with Crippen LogP contribution in [0.1, 0.15) is 52.4 Å². The molecular weight excluding hydrogens is 196 g/mol. The SMILES string of the molecule is CCC(C)C1CNCCN1C1CCCCC1. The lowest BCUT2D eigenvalue weighted by Gasteiger charge is -2.45. The second-order valence-corrected chi connectivity index (χ2v) is 5.69. The van der Waals surface area contributed by atoms with Crippen LogP contribution in [-0.4, -0.2) is 36.6 Å². The van der Waals surface area contributed by atoms with E-state index in [9.17, 15) is 0 Å². The van der Waals surface area contributed by atoms with Gasteiger partial charge in [-0.15, -0.1) is 0 Å². The van der Waals surface area contributed by atoms with E-state index in [1.165, 1.54) is 58.2 Å². The van der Waals surface area contributed by atoms with E-state index in [0.717, 1.165) is 18.0 Å². The molecule has 0 radical (unpaired) electrons. The number of nitrogens with zero attached hydrogens (tertiary/aromatic N) is 1. The van der Waals surface area contributed by atoms with Crippen molar-refractivity contribution < 1.29 is 0 Å². The molecule has 0 bridgehead atoms. The molecule has 2 aliphatic rings. The first-order valence-electron chi connectivity index (χ1n) is 7.29. The molecule has 2 nitrogen and oxygen atoms in total. The summed E-state index contributed by atoms with van der Waals surface area (Å²) in [6, 6.07) is 1.69. The fourth-order valence-corrected chi connectivity index (χ4v) is 3.41. The summed E-state index contributed by atoms with van der Waals surface area (Å²) in [6.07, 6.45) is 8.61.